The van der Waals surface area contributed by atoms with Crippen LogP contribution in [0.5, 0.6) is 0 Å². The Morgan fingerprint density at radius 1 is 0.514 bits per heavy atom. The molecule has 0 spiro atoms. The molecule has 8 aromatic rings. The van der Waals surface area contributed by atoms with Gasteiger partial charge in [0.1, 0.15) is 5.52 Å². The Bertz CT molecular complexity index is 2170. The molecule has 0 unspecified atom stereocenters. The minimum Gasteiger partial charge on any atom is -0.307 e. The molecular weight excluding hydrogens is 476 g/mol. The lowest BCUT2D eigenvalue weighted by molar-refractivity contribution is 0.823. The van der Waals surface area contributed by atoms with Gasteiger partial charge in [0, 0.05) is 16.2 Å². The molecule has 8 rings (SSSR count). The summed E-state index contributed by atoms with van der Waals surface area (Å²) in [5, 5.41) is 16.8. The van der Waals surface area contributed by atoms with E-state index in [2.05, 4.69) is 93.7 Å². The molecule has 37 heavy (non-hydrogen) atoms. The molecule has 174 valence electrons. The highest BCUT2D eigenvalue weighted by atomic mass is 35.5. The van der Waals surface area contributed by atoms with Gasteiger partial charge in [-0.25, -0.2) is 4.68 Å². The smallest absolute Gasteiger partial charge is 0.113 e. The summed E-state index contributed by atoms with van der Waals surface area (Å²) in [7, 11) is 0. The molecule has 0 radical (unpaired) electrons. The second-order valence-electron chi connectivity index (χ2n) is 9.27. The predicted octanol–water partition coefficient (Wildman–Crippen LogP) is 8.48. The molecule has 6 aromatic carbocycles. The predicted molar refractivity (Wildman–Crippen MR) is 153 cm³/mol. The van der Waals surface area contributed by atoms with E-state index < -0.39 is 0 Å². The summed E-state index contributed by atoms with van der Waals surface area (Å²) in [6.45, 7) is 0. The molecule has 0 fully saturated rings. The minimum absolute atomic E-state index is 0.623. The van der Waals surface area contributed by atoms with Gasteiger partial charge in [-0.15, -0.1) is 5.10 Å². The number of benzene rings is 6. The summed E-state index contributed by atoms with van der Waals surface area (Å²) in [5.74, 6) is 0. The van der Waals surface area contributed by atoms with Gasteiger partial charge in [0.15, 0.2) is 0 Å². The maximum Gasteiger partial charge on any atom is 0.113 e. The quantitative estimate of drug-likeness (QED) is 0.226. The first-order valence-corrected chi connectivity index (χ1v) is 12.6. The second kappa shape index (κ2) is 7.66. The molecule has 5 heteroatoms. The van der Waals surface area contributed by atoms with Crippen LogP contribution in [0.2, 0.25) is 5.02 Å². The first-order valence-electron chi connectivity index (χ1n) is 12.2. The highest BCUT2D eigenvalue weighted by Gasteiger charge is 2.21. The molecular formula is C32H19ClN4. The third-order valence-corrected chi connectivity index (χ3v) is 7.71. The van der Waals surface area contributed by atoms with Gasteiger partial charge in [-0.3, -0.25) is 0 Å². The summed E-state index contributed by atoms with van der Waals surface area (Å²) >= 11 is 7.25. The average molecular weight is 495 g/mol. The van der Waals surface area contributed by atoms with Crippen molar-refractivity contribution in [3.63, 3.8) is 0 Å². The molecule has 0 aliphatic rings. The zero-order valence-electron chi connectivity index (χ0n) is 19.6. The van der Waals surface area contributed by atoms with E-state index in [1.807, 2.05) is 41.1 Å². The van der Waals surface area contributed by atoms with E-state index in [4.69, 9.17) is 11.6 Å². The number of para-hydroxylation sites is 2. The van der Waals surface area contributed by atoms with Crippen molar-refractivity contribution in [1.29, 1.82) is 0 Å². The van der Waals surface area contributed by atoms with Gasteiger partial charge >= 0.3 is 0 Å². The van der Waals surface area contributed by atoms with Gasteiger partial charge in [-0.05, 0) is 46.5 Å². The first kappa shape index (κ1) is 20.5. The molecule has 4 nitrogen and oxygen atoms in total. The van der Waals surface area contributed by atoms with Crippen LogP contribution in [0.4, 0.5) is 0 Å². The van der Waals surface area contributed by atoms with E-state index in [0.29, 0.717) is 5.02 Å². The molecule has 0 N–H and O–H groups in total. The molecule has 0 saturated heterocycles. The van der Waals surface area contributed by atoms with Crippen LogP contribution in [0, 0.1) is 0 Å². The van der Waals surface area contributed by atoms with E-state index in [-0.39, 0.29) is 0 Å². The van der Waals surface area contributed by atoms with Gasteiger partial charge in [0.2, 0.25) is 0 Å². The SMILES string of the molecule is Clc1c(-n2nnc3ccccc32)cccc1-n1c2ccccc2c2c3ccccc3c3ccccc3c21. The number of rotatable bonds is 2. The Labute approximate surface area is 216 Å². The Morgan fingerprint density at radius 2 is 1.11 bits per heavy atom. The number of hydrogen-bond donors (Lipinski definition) is 0. The lowest BCUT2D eigenvalue weighted by Crippen LogP contribution is -2.02. The number of halogens is 1. The van der Waals surface area contributed by atoms with Gasteiger partial charge in [0.05, 0.1) is 32.9 Å². The van der Waals surface area contributed by atoms with E-state index in [1.54, 1.807) is 0 Å². The lowest BCUT2D eigenvalue weighted by Gasteiger charge is -2.15. The van der Waals surface area contributed by atoms with Crippen LogP contribution in [0.15, 0.2) is 115 Å². The fraction of sp³-hybridized carbons (Fsp3) is 0. The number of hydrogen-bond acceptors (Lipinski definition) is 2. The maximum absolute atomic E-state index is 7.25. The molecule has 2 aromatic heterocycles. The lowest BCUT2D eigenvalue weighted by atomic mass is 9.97. The molecule has 0 amide bonds. The van der Waals surface area contributed by atoms with Crippen LogP contribution in [-0.4, -0.2) is 19.6 Å². The van der Waals surface area contributed by atoms with Gasteiger partial charge in [-0.2, -0.15) is 0 Å². The largest absolute Gasteiger partial charge is 0.307 e. The Morgan fingerprint density at radius 3 is 1.92 bits per heavy atom. The Balaban J connectivity index is 1.56. The summed E-state index contributed by atoms with van der Waals surface area (Å²) in [6, 6.07) is 39.9. The third-order valence-electron chi connectivity index (χ3n) is 7.32. The normalized spacial score (nSPS) is 11.9. The molecule has 0 aliphatic carbocycles. The number of fused-ring (bicyclic) bond motifs is 9. The van der Waals surface area contributed by atoms with Crippen LogP contribution in [-0.2, 0) is 0 Å². The number of aromatic nitrogens is 4. The van der Waals surface area contributed by atoms with Gasteiger partial charge < -0.3 is 4.57 Å². The minimum atomic E-state index is 0.623. The van der Waals surface area contributed by atoms with Crippen molar-refractivity contribution in [2.75, 3.05) is 0 Å². The Hall–Kier alpha value is -4.67. The van der Waals surface area contributed by atoms with Crippen LogP contribution < -0.4 is 0 Å². The number of nitrogens with zero attached hydrogens (tertiary/aromatic N) is 4. The van der Waals surface area contributed by atoms with Gasteiger partial charge in [0.25, 0.3) is 0 Å². The third kappa shape index (κ3) is 2.79. The van der Waals surface area contributed by atoms with Crippen LogP contribution in [0.1, 0.15) is 0 Å². The molecule has 0 bridgehead atoms. The zero-order valence-corrected chi connectivity index (χ0v) is 20.4. The van der Waals surface area contributed by atoms with E-state index in [1.165, 1.54) is 32.3 Å². The van der Waals surface area contributed by atoms with E-state index in [9.17, 15) is 0 Å². The summed E-state index contributed by atoms with van der Waals surface area (Å²) in [6.07, 6.45) is 0. The fourth-order valence-electron chi connectivity index (χ4n) is 5.77. The highest BCUT2D eigenvalue weighted by Crippen LogP contribution is 2.43. The van der Waals surface area contributed by atoms with Crippen LogP contribution in [0.25, 0.3) is 65.8 Å². The van der Waals surface area contributed by atoms with Crippen LogP contribution >= 0.6 is 11.6 Å². The molecule has 0 aliphatic heterocycles. The van der Waals surface area contributed by atoms with Crippen molar-refractivity contribution in [2.45, 2.75) is 0 Å². The highest BCUT2D eigenvalue weighted by molar-refractivity contribution is 6.36. The van der Waals surface area contributed by atoms with E-state index in [0.717, 1.165) is 33.4 Å². The monoisotopic (exact) mass is 494 g/mol. The van der Waals surface area contributed by atoms with Crippen LogP contribution in [0.3, 0.4) is 0 Å². The van der Waals surface area contributed by atoms with Crippen molar-refractivity contribution in [3.05, 3.63) is 120 Å². The standard InChI is InChI=1S/C32H19ClN4/c33-31-28(18-9-19-29(31)37-27-17-8-6-15-25(27)34-35-37)36-26-16-7-5-14-24(26)30-22-12-3-1-10-20(22)21-11-2-4-13-23(21)32(30)36/h1-19H. The van der Waals surface area contributed by atoms with Gasteiger partial charge in [-0.1, -0.05) is 102 Å². The second-order valence-corrected chi connectivity index (χ2v) is 9.65. The average Bonchev–Trinajstić information content (AvgIpc) is 3.53. The fourth-order valence-corrected chi connectivity index (χ4v) is 6.06. The van der Waals surface area contributed by atoms with Crippen molar-refractivity contribution in [1.82, 2.24) is 19.6 Å². The Kier molecular flexibility index (Phi) is 4.25. The summed E-state index contributed by atoms with van der Waals surface area (Å²) < 4.78 is 4.13. The van der Waals surface area contributed by atoms with Crippen molar-refractivity contribution in [2.24, 2.45) is 0 Å². The zero-order chi connectivity index (χ0) is 24.5. The molecule has 0 saturated carbocycles. The van der Waals surface area contributed by atoms with Crippen molar-refractivity contribution < 1.29 is 0 Å². The van der Waals surface area contributed by atoms with Crippen molar-refractivity contribution in [3.8, 4) is 11.4 Å². The summed E-state index contributed by atoms with van der Waals surface area (Å²) in [4.78, 5) is 0. The summed E-state index contributed by atoms with van der Waals surface area (Å²) in [5.41, 5.74) is 5.72. The molecule has 0 atom stereocenters. The van der Waals surface area contributed by atoms with E-state index >= 15 is 0 Å². The first-order chi connectivity index (χ1) is 18.3. The van der Waals surface area contributed by atoms with Crippen molar-refractivity contribution >= 4 is 66.0 Å². The molecule has 2 heterocycles. The maximum atomic E-state index is 7.25. The topological polar surface area (TPSA) is 35.6 Å².